The number of aromatic nitrogens is 2. The molecule has 110 valence electrons. The Kier molecular flexibility index (Phi) is 5.23. The lowest BCUT2D eigenvalue weighted by atomic mass is 9.81. The minimum Gasteiger partial charge on any atom is -0.343 e. The number of carbonyl (C=O) groups excluding carboxylic acids is 1. The molecule has 5 nitrogen and oxygen atoms in total. The van der Waals surface area contributed by atoms with E-state index in [4.69, 9.17) is 4.52 Å². The molecule has 1 aliphatic carbocycles. The molecule has 1 aromatic heterocycles. The van der Waals surface area contributed by atoms with Crippen LogP contribution in [0.4, 0.5) is 0 Å². The number of aryl methyl sites for hydroxylation is 1. The first-order valence-corrected chi connectivity index (χ1v) is 8.12. The Labute approximate surface area is 123 Å². The molecule has 0 unspecified atom stereocenters. The molecule has 0 aliphatic heterocycles. The van der Waals surface area contributed by atoms with Gasteiger partial charge in [0.2, 0.25) is 11.8 Å². The van der Waals surface area contributed by atoms with E-state index in [2.05, 4.69) is 22.0 Å². The van der Waals surface area contributed by atoms with Crippen LogP contribution in [0.5, 0.6) is 0 Å². The van der Waals surface area contributed by atoms with Crippen molar-refractivity contribution in [2.45, 2.75) is 44.6 Å². The van der Waals surface area contributed by atoms with Crippen LogP contribution >= 0.6 is 11.8 Å². The summed E-state index contributed by atoms with van der Waals surface area (Å²) in [5, 5.41) is 7.18. The SMILES string of the molecule is C=CCSCC(=O)NC1(c2noc(C)n2)CCCCC1. The first kappa shape index (κ1) is 15.1. The van der Waals surface area contributed by atoms with E-state index in [1.165, 1.54) is 6.42 Å². The third kappa shape index (κ3) is 3.62. The first-order valence-electron chi connectivity index (χ1n) is 6.97. The summed E-state index contributed by atoms with van der Waals surface area (Å²) in [4.78, 5) is 16.5. The van der Waals surface area contributed by atoms with Gasteiger partial charge in [0.05, 0.1) is 5.75 Å². The fourth-order valence-corrected chi connectivity index (χ4v) is 3.13. The van der Waals surface area contributed by atoms with E-state index in [1.807, 2.05) is 0 Å². The molecule has 6 heteroatoms. The van der Waals surface area contributed by atoms with Gasteiger partial charge in [0.25, 0.3) is 0 Å². The topological polar surface area (TPSA) is 68.0 Å². The fourth-order valence-electron chi connectivity index (χ4n) is 2.59. The maximum Gasteiger partial charge on any atom is 0.230 e. The lowest BCUT2D eigenvalue weighted by molar-refractivity contribution is -0.121. The standard InChI is InChI=1S/C14H21N3O2S/c1-3-9-20-10-12(18)16-14(7-5-4-6-8-14)13-15-11(2)19-17-13/h3H,1,4-10H2,2H3,(H,16,18). The van der Waals surface area contributed by atoms with Gasteiger partial charge in [-0.1, -0.05) is 30.5 Å². The van der Waals surface area contributed by atoms with Crippen molar-refractivity contribution in [2.75, 3.05) is 11.5 Å². The number of hydrogen-bond donors (Lipinski definition) is 1. The molecule has 0 radical (unpaired) electrons. The van der Waals surface area contributed by atoms with Crippen LogP contribution in [0.15, 0.2) is 17.2 Å². The van der Waals surface area contributed by atoms with Crippen LogP contribution in [0, 0.1) is 6.92 Å². The predicted molar refractivity (Wildman–Crippen MR) is 79.5 cm³/mol. The summed E-state index contributed by atoms with van der Waals surface area (Å²) >= 11 is 1.55. The Morgan fingerprint density at radius 3 is 2.85 bits per heavy atom. The second-order valence-corrected chi connectivity index (χ2v) is 6.16. The van der Waals surface area contributed by atoms with Crippen molar-refractivity contribution in [1.82, 2.24) is 15.5 Å². The third-order valence-corrected chi connectivity index (χ3v) is 4.45. The summed E-state index contributed by atoms with van der Waals surface area (Å²) in [7, 11) is 0. The van der Waals surface area contributed by atoms with E-state index < -0.39 is 5.54 Å². The van der Waals surface area contributed by atoms with Gasteiger partial charge >= 0.3 is 0 Å². The molecule has 0 aromatic carbocycles. The van der Waals surface area contributed by atoms with Crippen LogP contribution in [-0.2, 0) is 10.3 Å². The lowest BCUT2D eigenvalue weighted by Crippen LogP contribution is -2.48. The van der Waals surface area contributed by atoms with Gasteiger partial charge in [-0.15, -0.1) is 18.3 Å². The van der Waals surface area contributed by atoms with Gasteiger partial charge in [0.1, 0.15) is 5.54 Å². The average Bonchev–Trinajstić information content (AvgIpc) is 2.87. The highest BCUT2D eigenvalue weighted by Crippen LogP contribution is 2.35. The Morgan fingerprint density at radius 2 is 2.25 bits per heavy atom. The Hall–Kier alpha value is -1.30. The van der Waals surface area contributed by atoms with E-state index in [0.29, 0.717) is 17.5 Å². The largest absolute Gasteiger partial charge is 0.343 e. The number of thioether (sulfide) groups is 1. The van der Waals surface area contributed by atoms with Gasteiger partial charge in [-0.25, -0.2) is 0 Å². The monoisotopic (exact) mass is 295 g/mol. The molecule has 0 atom stereocenters. The molecule has 0 bridgehead atoms. The highest BCUT2D eigenvalue weighted by atomic mass is 32.2. The molecule has 1 N–H and O–H groups in total. The van der Waals surface area contributed by atoms with E-state index >= 15 is 0 Å². The fraction of sp³-hybridized carbons (Fsp3) is 0.643. The van der Waals surface area contributed by atoms with Crippen molar-refractivity contribution < 1.29 is 9.32 Å². The normalized spacial score (nSPS) is 17.6. The summed E-state index contributed by atoms with van der Waals surface area (Å²) in [6, 6.07) is 0. The van der Waals surface area contributed by atoms with Gasteiger partial charge in [-0.2, -0.15) is 4.98 Å². The van der Waals surface area contributed by atoms with Crippen molar-refractivity contribution in [1.29, 1.82) is 0 Å². The van der Waals surface area contributed by atoms with Crippen LogP contribution in [0.25, 0.3) is 0 Å². The van der Waals surface area contributed by atoms with Crippen LogP contribution < -0.4 is 5.32 Å². The molecule has 1 amide bonds. The number of carbonyl (C=O) groups is 1. The molecule has 1 fully saturated rings. The maximum absolute atomic E-state index is 12.1. The minimum atomic E-state index is -0.443. The minimum absolute atomic E-state index is 0.0289. The summed E-state index contributed by atoms with van der Waals surface area (Å²) in [5.74, 6) is 2.41. The molecule has 1 saturated carbocycles. The summed E-state index contributed by atoms with van der Waals surface area (Å²) < 4.78 is 5.09. The van der Waals surface area contributed by atoms with Crippen LogP contribution in [0.3, 0.4) is 0 Å². The Bertz CT molecular complexity index is 467. The predicted octanol–water partition coefficient (Wildman–Crippen LogP) is 2.57. The molecule has 1 heterocycles. The van der Waals surface area contributed by atoms with E-state index in [0.717, 1.165) is 31.4 Å². The van der Waals surface area contributed by atoms with Gasteiger partial charge in [0.15, 0.2) is 5.82 Å². The van der Waals surface area contributed by atoms with E-state index in [-0.39, 0.29) is 5.91 Å². The van der Waals surface area contributed by atoms with Crippen molar-refractivity contribution in [2.24, 2.45) is 0 Å². The number of nitrogens with one attached hydrogen (secondary N) is 1. The second kappa shape index (κ2) is 6.92. The summed E-state index contributed by atoms with van der Waals surface area (Å²) in [6.07, 6.45) is 6.91. The van der Waals surface area contributed by atoms with Crippen LogP contribution in [0.2, 0.25) is 0 Å². The maximum atomic E-state index is 12.1. The third-order valence-electron chi connectivity index (χ3n) is 3.51. The highest BCUT2D eigenvalue weighted by molar-refractivity contribution is 8.00. The summed E-state index contributed by atoms with van der Waals surface area (Å²) in [5.41, 5.74) is -0.443. The average molecular weight is 295 g/mol. The van der Waals surface area contributed by atoms with Gasteiger partial charge in [-0.05, 0) is 12.8 Å². The van der Waals surface area contributed by atoms with E-state index in [1.54, 1.807) is 24.8 Å². The van der Waals surface area contributed by atoms with Crippen molar-refractivity contribution in [3.8, 4) is 0 Å². The number of hydrogen-bond acceptors (Lipinski definition) is 5. The zero-order chi connectivity index (χ0) is 14.4. The van der Waals surface area contributed by atoms with E-state index in [9.17, 15) is 4.79 Å². The van der Waals surface area contributed by atoms with Gasteiger partial charge in [-0.3, -0.25) is 4.79 Å². The van der Waals surface area contributed by atoms with Gasteiger partial charge in [0, 0.05) is 12.7 Å². The zero-order valence-corrected chi connectivity index (χ0v) is 12.7. The Balaban J connectivity index is 2.07. The second-order valence-electron chi connectivity index (χ2n) is 5.13. The summed E-state index contributed by atoms with van der Waals surface area (Å²) in [6.45, 7) is 5.42. The van der Waals surface area contributed by atoms with Crippen LogP contribution in [-0.4, -0.2) is 27.6 Å². The molecule has 0 spiro atoms. The first-order chi connectivity index (χ1) is 9.66. The molecule has 2 rings (SSSR count). The lowest BCUT2D eigenvalue weighted by Gasteiger charge is -2.35. The zero-order valence-electron chi connectivity index (χ0n) is 11.9. The van der Waals surface area contributed by atoms with Crippen molar-refractivity contribution in [3.63, 3.8) is 0 Å². The highest BCUT2D eigenvalue weighted by Gasteiger charge is 2.39. The number of nitrogens with zero attached hydrogens (tertiary/aromatic N) is 2. The number of amides is 1. The number of rotatable bonds is 6. The molecular weight excluding hydrogens is 274 g/mol. The van der Waals surface area contributed by atoms with Crippen LogP contribution in [0.1, 0.15) is 43.8 Å². The smallest absolute Gasteiger partial charge is 0.230 e. The molecule has 1 aliphatic rings. The van der Waals surface area contributed by atoms with Crippen molar-refractivity contribution >= 4 is 17.7 Å². The van der Waals surface area contributed by atoms with Crippen molar-refractivity contribution in [3.05, 3.63) is 24.4 Å². The molecule has 0 saturated heterocycles. The molecular formula is C14H21N3O2S. The Morgan fingerprint density at radius 1 is 1.50 bits per heavy atom. The van der Waals surface area contributed by atoms with Gasteiger partial charge < -0.3 is 9.84 Å². The quantitative estimate of drug-likeness (QED) is 0.645. The molecule has 20 heavy (non-hydrogen) atoms. The molecule has 1 aromatic rings.